The predicted molar refractivity (Wildman–Crippen MR) is 150 cm³/mol. The number of halogens is 1. The van der Waals surface area contributed by atoms with Crippen LogP contribution in [-0.2, 0) is 20.8 Å². The third-order valence-electron chi connectivity index (χ3n) is 5.64. The maximum absolute atomic E-state index is 13.7. The van der Waals surface area contributed by atoms with Crippen molar-refractivity contribution in [2.24, 2.45) is 17.4 Å². The molecule has 0 aromatic heterocycles. The van der Waals surface area contributed by atoms with E-state index in [-0.39, 0.29) is 24.1 Å². The minimum Gasteiger partial charge on any atom is -0.480 e. The van der Waals surface area contributed by atoms with E-state index < -0.39 is 35.9 Å². The fraction of sp³-hybridized carbons (Fsp3) is 0.609. The van der Waals surface area contributed by atoms with E-state index in [1.54, 1.807) is 0 Å². The Hall–Kier alpha value is -0.860. The molecule has 1 aromatic rings. The number of carboxylic acid groups (broad SMARTS) is 1. The Morgan fingerprint density at radius 1 is 1.18 bits per heavy atom. The van der Waals surface area contributed by atoms with Crippen molar-refractivity contribution >= 4 is 64.8 Å². The summed E-state index contributed by atoms with van der Waals surface area (Å²) in [6.07, 6.45) is 3.36. The molecular formula is C23H37IN4O4S2. The van der Waals surface area contributed by atoms with E-state index in [2.05, 4.69) is 40.5 Å². The van der Waals surface area contributed by atoms with Crippen molar-refractivity contribution in [3.63, 3.8) is 0 Å². The first kappa shape index (κ1) is 31.2. The number of benzene rings is 1. The van der Waals surface area contributed by atoms with Crippen LogP contribution in [0.2, 0.25) is 0 Å². The number of rotatable bonds is 15. The van der Waals surface area contributed by atoms with Crippen molar-refractivity contribution < 1.29 is 19.5 Å². The maximum Gasteiger partial charge on any atom is 0.326 e. The number of carboxylic acids is 1. The summed E-state index contributed by atoms with van der Waals surface area (Å²) in [4.78, 5) is 40.3. The van der Waals surface area contributed by atoms with E-state index in [4.69, 9.17) is 11.5 Å². The van der Waals surface area contributed by atoms with Crippen LogP contribution in [0.3, 0.4) is 0 Å². The molecule has 0 saturated heterocycles. The van der Waals surface area contributed by atoms with Crippen LogP contribution >= 0.6 is 47.0 Å². The molecule has 0 aliphatic carbocycles. The number of hydrogen-bond acceptors (Lipinski definition) is 8. The third kappa shape index (κ3) is 10.0. The molecule has 34 heavy (non-hydrogen) atoms. The lowest BCUT2D eigenvalue weighted by atomic mass is 9.95. The van der Waals surface area contributed by atoms with Gasteiger partial charge in [0.25, 0.3) is 0 Å². The number of imide groups is 1. The lowest BCUT2D eigenvalue weighted by Crippen LogP contribution is -2.60. The van der Waals surface area contributed by atoms with Crippen LogP contribution in [0.5, 0.6) is 0 Å². The minimum atomic E-state index is -1.30. The van der Waals surface area contributed by atoms with Gasteiger partial charge >= 0.3 is 5.97 Å². The molecule has 5 atom stereocenters. The van der Waals surface area contributed by atoms with E-state index in [0.717, 1.165) is 14.0 Å². The smallest absolute Gasteiger partial charge is 0.326 e. The van der Waals surface area contributed by atoms with Crippen LogP contribution < -0.4 is 16.8 Å². The molecule has 2 amide bonds. The second-order valence-electron chi connectivity index (χ2n) is 8.29. The molecule has 0 aliphatic rings. The molecule has 0 unspecified atom stereocenters. The highest BCUT2D eigenvalue weighted by atomic mass is 127. The van der Waals surface area contributed by atoms with Gasteiger partial charge in [0.15, 0.2) is 0 Å². The summed E-state index contributed by atoms with van der Waals surface area (Å²) in [5.74, 6) is -2.13. The average Bonchev–Trinajstić information content (AvgIpc) is 2.79. The van der Waals surface area contributed by atoms with Crippen molar-refractivity contribution in [2.75, 3.05) is 18.6 Å². The second kappa shape index (κ2) is 16.0. The summed E-state index contributed by atoms with van der Waals surface area (Å²) in [5.41, 5.74) is 12.8. The number of amides is 2. The lowest BCUT2D eigenvalue weighted by molar-refractivity contribution is -0.160. The normalized spacial score (nSPS) is 15.7. The van der Waals surface area contributed by atoms with Crippen LogP contribution in [0.25, 0.3) is 0 Å². The highest BCUT2D eigenvalue weighted by Crippen LogP contribution is 2.19. The molecule has 0 radical (unpaired) electrons. The van der Waals surface area contributed by atoms with E-state index in [1.165, 1.54) is 11.8 Å². The molecule has 0 heterocycles. The largest absolute Gasteiger partial charge is 0.480 e. The second-order valence-corrected chi connectivity index (χ2v) is 11.2. The third-order valence-corrected chi connectivity index (χ3v) is 7.26. The van der Waals surface area contributed by atoms with Crippen LogP contribution in [0.4, 0.5) is 0 Å². The SMILES string of the molecule is CC[C@H](C)[C@H](NCC[C@H](N)S)C(=O)N(C(=O)[C@@H](N)Cc1ccc(I)cc1)[C@@H](CCSC)C(=O)O. The Kier molecular flexibility index (Phi) is 14.7. The first-order chi connectivity index (χ1) is 16.0. The number of carbonyl (C=O) groups is 3. The first-order valence-electron chi connectivity index (χ1n) is 11.3. The van der Waals surface area contributed by atoms with Crippen LogP contribution in [0.1, 0.15) is 38.7 Å². The molecule has 8 nitrogen and oxygen atoms in total. The molecular weight excluding hydrogens is 587 g/mol. The predicted octanol–water partition coefficient (Wildman–Crippen LogP) is 2.33. The van der Waals surface area contributed by atoms with Crippen molar-refractivity contribution in [1.29, 1.82) is 0 Å². The Labute approximate surface area is 225 Å². The van der Waals surface area contributed by atoms with E-state index in [9.17, 15) is 19.5 Å². The zero-order valence-corrected chi connectivity index (χ0v) is 23.8. The first-order valence-corrected chi connectivity index (χ1v) is 14.3. The van der Waals surface area contributed by atoms with Crippen molar-refractivity contribution in [3.8, 4) is 0 Å². The zero-order valence-electron chi connectivity index (χ0n) is 19.9. The Morgan fingerprint density at radius 2 is 1.79 bits per heavy atom. The molecule has 0 saturated carbocycles. The van der Waals surface area contributed by atoms with Crippen LogP contribution in [0.15, 0.2) is 24.3 Å². The summed E-state index contributed by atoms with van der Waals surface area (Å²) in [7, 11) is 0. The molecule has 192 valence electrons. The van der Waals surface area contributed by atoms with Gasteiger partial charge in [-0.2, -0.15) is 24.4 Å². The van der Waals surface area contributed by atoms with Gasteiger partial charge in [-0.25, -0.2) is 4.79 Å². The van der Waals surface area contributed by atoms with Gasteiger partial charge in [-0.1, -0.05) is 32.4 Å². The number of aliphatic carboxylic acids is 1. The summed E-state index contributed by atoms with van der Waals surface area (Å²) in [5, 5.41) is 12.8. The van der Waals surface area contributed by atoms with Crippen LogP contribution in [-0.4, -0.2) is 69.8 Å². The van der Waals surface area contributed by atoms with E-state index >= 15 is 0 Å². The van der Waals surface area contributed by atoms with E-state index in [0.29, 0.717) is 25.1 Å². The molecule has 0 bridgehead atoms. The average molecular weight is 625 g/mol. The summed E-state index contributed by atoms with van der Waals surface area (Å²) in [6.45, 7) is 4.24. The molecule has 1 rings (SSSR count). The van der Waals surface area contributed by atoms with Gasteiger partial charge in [0.05, 0.1) is 12.1 Å². The maximum atomic E-state index is 13.7. The standard InChI is InChI=1S/C23H37IN4O4S2/c1-4-14(2)20(27-11-9-19(26)33)22(30)28(18(23(31)32)10-12-34-3)21(29)17(25)13-15-5-7-16(24)8-6-15/h5-8,14,17-20,27,33H,4,9-13,25-26H2,1-3H3,(H,31,32)/t14-,17-,18-,19+,20-/m0/s1. The van der Waals surface area contributed by atoms with Gasteiger partial charge in [-0.3, -0.25) is 14.5 Å². The molecule has 0 fully saturated rings. The lowest BCUT2D eigenvalue weighted by Gasteiger charge is -2.34. The number of nitrogens with zero attached hydrogens (tertiary/aromatic N) is 1. The number of carbonyl (C=O) groups excluding carboxylic acids is 2. The molecule has 11 heteroatoms. The zero-order chi connectivity index (χ0) is 25.8. The number of thioether (sulfide) groups is 1. The monoisotopic (exact) mass is 624 g/mol. The Bertz CT molecular complexity index is 798. The molecule has 0 spiro atoms. The summed E-state index contributed by atoms with van der Waals surface area (Å²) < 4.78 is 1.05. The van der Waals surface area contributed by atoms with Gasteiger partial charge in [-0.15, -0.1) is 0 Å². The van der Waals surface area contributed by atoms with Gasteiger partial charge in [0.2, 0.25) is 11.8 Å². The van der Waals surface area contributed by atoms with Crippen molar-refractivity contribution in [2.45, 2.75) is 63.0 Å². The van der Waals surface area contributed by atoms with Gasteiger partial charge in [-0.05, 0) is 84.0 Å². The van der Waals surface area contributed by atoms with Gasteiger partial charge in [0, 0.05) is 8.94 Å². The van der Waals surface area contributed by atoms with Crippen molar-refractivity contribution in [3.05, 3.63) is 33.4 Å². The minimum absolute atomic E-state index is 0.138. The molecule has 1 aromatic carbocycles. The Morgan fingerprint density at radius 3 is 2.29 bits per heavy atom. The molecule has 0 aliphatic heterocycles. The fourth-order valence-electron chi connectivity index (χ4n) is 3.45. The van der Waals surface area contributed by atoms with Gasteiger partial charge in [0.1, 0.15) is 6.04 Å². The Balaban J connectivity index is 3.29. The number of nitrogens with one attached hydrogen (secondary N) is 1. The van der Waals surface area contributed by atoms with Crippen LogP contribution in [0, 0.1) is 9.49 Å². The summed E-state index contributed by atoms with van der Waals surface area (Å²) in [6, 6.07) is 4.45. The summed E-state index contributed by atoms with van der Waals surface area (Å²) >= 11 is 7.81. The molecule has 6 N–H and O–H groups in total. The topological polar surface area (TPSA) is 139 Å². The van der Waals surface area contributed by atoms with Crippen molar-refractivity contribution in [1.82, 2.24) is 10.2 Å². The quantitative estimate of drug-likeness (QED) is 0.114. The number of nitrogens with two attached hydrogens (primary N) is 2. The number of thiol groups is 1. The van der Waals surface area contributed by atoms with Gasteiger partial charge < -0.3 is 21.9 Å². The highest BCUT2D eigenvalue weighted by molar-refractivity contribution is 14.1. The highest BCUT2D eigenvalue weighted by Gasteiger charge is 2.40. The number of hydrogen-bond donors (Lipinski definition) is 5. The fourth-order valence-corrected chi connectivity index (χ4v) is 4.40. The van der Waals surface area contributed by atoms with E-state index in [1.807, 2.05) is 44.4 Å².